The van der Waals surface area contributed by atoms with Crippen LogP contribution in [0.4, 0.5) is 0 Å². The van der Waals surface area contributed by atoms with Crippen LogP contribution in [0.5, 0.6) is 11.5 Å². The van der Waals surface area contributed by atoms with E-state index in [1.807, 2.05) is 59.6 Å². The molecule has 0 radical (unpaired) electrons. The second-order valence-corrected chi connectivity index (χ2v) is 14.4. The number of carbonyl (C=O) groups excluding carboxylic acids is 2. The number of likely N-dealkylation sites (tertiary alicyclic amines) is 1. The molecule has 13 heteroatoms. The van der Waals surface area contributed by atoms with Gasteiger partial charge in [-0.1, -0.05) is 53.7 Å². The third kappa shape index (κ3) is 6.16. The van der Waals surface area contributed by atoms with Gasteiger partial charge in [-0.3, -0.25) is 14.6 Å². The van der Waals surface area contributed by atoms with Crippen LogP contribution < -0.4 is 14.8 Å². The highest BCUT2D eigenvalue weighted by Crippen LogP contribution is 2.39. The summed E-state index contributed by atoms with van der Waals surface area (Å²) >= 11 is 0. The SMILES string of the molecule is O=C(NC1CC(C(=O)N2CCCC2c2ncc(-c3ccc4c(c3)OCO4)[nH]2)C1)c1cncc(-n2cc(Cn3c(-c4ccccc4)cc4ccccc43)nn2)c1. The smallest absolute Gasteiger partial charge is 0.253 e. The Kier molecular flexibility index (Phi) is 8.11. The highest BCUT2D eigenvalue weighted by Gasteiger charge is 2.42. The standard InChI is InChI=1S/C42H37N9O4/c52-41(45-31-15-29(16-31)42(53)49-14-6-11-36(49)40-44-22-34(46-40)27-12-13-38-39(19-27)55-25-54-38)30-17-33(21-43-20-30)51-24-32(47-48-51)23-50-35-10-5-4-9-28(35)18-37(50)26-7-2-1-3-8-26/h1-5,7-10,12-13,17-22,24,29,31,36H,6,11,14-16,23,25H2,(H,44,46)(H,45,52). The lowest BCUT2D eigenvalue weighted by Crippen LogP contribution is -2.50. The maximum Gasteiger partial charge on any atom is 0.253 e. The molecule has 2 aliphatic heterocycles. The minimum atomic E-state index is -0.234. The first-order chi connectivity index (χ1) is 27.0. The summed E-state index contributed by atoms with van der Waals surface area (Å²) in [4.78, 5) is 41.5. The molecule has 0 bridgehead atoms. The van der Waals surface area contributed by atoms with Crippen molar-refractivity contribution in [2.45, 2.75) is 44.3 Å². The Morgan fingerprint density at radius 1 is 0.891 bits per heavy atom. The molecule has 4 aromatic heterocycles. The highest BCUT2D eigenvalue weighted by molar-refractivity contribution is 5.95. The molecule has 13 nitrogen and oxygen atoms in total. The van der Waals surface area contributed by atoms with E-state index in [0.29, 0.717) is 42.9 Å². The Morgan fingerprint density at radius 2 is 1.75 bits per heavy atom. The quantitative estimate of drug-likeness (QED) is 0.176. The van der Waals surface area contributed by atoms with Crippen LogP contribution in [0, 0.1) is 5.92 Å². The van der Waals surface area contributed by atoms with Crippen molar-refractivity contribution in [1.82, 2.24) is 44.7 Å². The van der Waals surface area contributed by atoms with Crippen molar-refractivity contribution in [2.24, 2.45) is 5.92 Å². The molecule has 1 aliphatic carbocycles. The second-order valence-electron chi connectivity index (χ2n) is 14.4. The average molecular weight is 732 g/mol. The molecule has 3 aromatic carbocycles. The molecule has 2 fully saturated rings. The van der Waals surface area contributed by atoms with E-state index in [2.05, 4.69) is 65.5 Å². The van der Waals surface area contributed by atoms with Gasteiger partial charge in [-0.25, -0.2) is 9.67 Å². The van der Waals surface area contributed by atoms with Crippen molar-refractivity contribution >= 4 is 22.7 Å². The van der Waals surface area contributed by atoms with E-state index in [1.165, 1.54) is 0 Å². The van der Waals surface area contributed by atoms with Crippen LogP contribution in [0.15, 0.2) is 110 Å². The summed E-state index contributed by atoms with van der Waals surface area (Å²) < 4.78 is 14.9. The number of fused-ring (bicyclic) bond motifs is 2. The van der Waals surface area contributed by atoms with Crippen LogP contribution in [0.25, 0.3) is 39.1 Å². The number of nitrogens with zero attached hydrogens (tertiary/aromatic N) is 7. The Morgan fingerprint density at radius 3 is 2.65 bits per heavy atom. The summed E-state index contributed by atoms with van der Waals surface area (Å²) in [5, 5.41) is 13.1. The number of amides is 2. The van der Waals surface area contributed by atoms with Gasteiger partial charge in [0.1, 0.15) is 11.5 Å². The Balaban J connectivity index is 0.772. The van der Waals surface area contributed by atoms with Crippen LogP contribution in [0.3, 0.4) is 0 Å². The number of hydrogen-bond acceptors (Lipinski definition) is 8. The predicted molar refractivity (Wildman–Crippen MR) is 203 cm³/mol. The summed E-state index contributed by atoms with van der Waals surface area (Å²) in [7, 11) is 0. The molecule has 3 aliphatic rings. The van der Waals surface area contributed by atoms with Gasteiger partial charge >= 0.3 is 0 Å². The van der Waals surface area contributed by atoms with E-state index >= 15 is 0 Å². The number of pyridine rings is 1. The first-order valence-electron chi connectivity index (χ1n) is 18.6. The van der Waals surface area contributed by atoms with Crippen molar-refractivity contribution in [3.05, 3.63) is 127 Å². The van der Waals surface area contributed by atoms with Crippen molar-refractivity contribution < 1.29 is 19.1 Å². The molecule has 10 rings (SSSR count). The minimum Gasteiger partial charge on any atom is -0.454 e. The van der Waals surface area contributed by atoms with Crippen LogP contribution in [-0.2, 0) is 11.3 Å². The Bertz CT molecular complexity index is 2550. The van der Waals surface area contributed by atoms with Gasteiger partial charge in [0.15, 0.2) is 11.5 Å². The van der Waals surface area contributed by atoms with E-state index in [9.17, 15) is 9.59 Å². The number of rotatable bonds is 9. The zero-order valence-electron chi connectivity index (χ0n) is 29.8. The zero-order chi connectivity index (χ0) is 36.9. The number of hydrogen-bond donors (Lipinski definition) is 2. The van der Waals surface area contributed by atoms with E-state index in [-0.39, 0.29) is 36.6 Å². The number of para-hydroxylation sites is 1. The van der Waals surface area contributed by atoms with Crippen molar-refractivity contribution in [2.75, 3.05) is 13.3 Å². The van der Waals surface area contributed by atoms with Crippen molar-refractivity contribution in [3.63, 3.8) is 0 Å². The number of nitrogens with one attached hydrogen (secondary N) is 2. The lowest BCUT2D eigenvalue weighted by Gasteiger charge is -2.38. The summed E-state index contributed by atoms with van der Waals surface area (Å²) in [6.45, 7) is 1.43. The fourth-order valence-electron chi connectivity index (χ4n) is 8.04. The van der Waals surface area contributed by atoms with Crippen molar-refractivity contribution in [1.29, 1.82) is 0 Å². The molecular formula is C42H37N9O4. The van der Waals surface area contributed by atoms with Gasteiger partial charge in [0.25, 0.3) is 5.91 Å². The first kappa shape index (κ1) is 32.9. The van der Waals surface area contributed by atoms with Gasteiger partial charge in [0.05, 0.1) is 48.1 Å². The second kappa shape index (κ2) is 13.6. The molecule has 55 heavy (non-hydrogen) atoms. The van der Waals surface area contributed by atoms with Gasteiger partial charge in [-0.2, -0.15) is 0 Å². The Labute approximate surface area is 315 Å². The molecule has 1 unspecified atom stereocenters. The number of carbonyl (C=O) groups is 2. The van der Waals surface area contributed by atoms with Gasteiger partial charge in [-0.05, 0) is 67.6 Å². The predicted octanol–water partition coefficient (Wildman–Crippen LogP) is 6.32. The molecule has 6 heterocycles. The first-order valence-corrected chi connectivity index (χ1v) is 18.6. The molecule has 7 aromatic rings. The number of H-pyrrole nitrogens is 1. The van der Waals surface area contributed by atoms with Crippen LogP contribution in [-0.4, -0.2) is 70.6 Å². The van der Waals surface area contributed by atoms with E-state index in [0.717, 1.165) is 63.5 Å². The van der Waals surface area contributed by atoms with Gasteiger partial charge < -0.3 is 29.2 Å². The molecule has 274 valence electrons. The number of benzene rings is 3. The summed E-state index contributed by atoms with van der Waals surface area (Å²) in [6.07, 6.45) is 9.83. The summed E-state index contributed by atoms with van der Waals surface area (Å²) in [5.41, 5.74) is 6.97. The van der Waals surface area contributed by atoms with Gasteiger partial charge in [-0.15, -0.1) is 5.10 Å². The molecule has 2 N–H and O–H groups in total. The molecule has 1 saturated carbocycles. The summed E-state index contributed by atoms with van der Waals surface area (Å²) in [5.74, 6) is 1.96. The lowest BCUT2D eigenvalue weighted by molar-refractivity contribution is -0.140. The topological polar surface area (TPSA) is 145 Å². The van der Waals surface area contributed by atoms with Gasteiger partial charge in [0, 0.05) is 46.9 Å². The van der Waals surface area contributed by atoms with Crippen LogP contribution in [0.2, 0.25) is 0 Å². The molecule has 1 atom stereocenters. The molecule has 2 amide bonds. The number of imidazole rings is 1. The fourth-order valence-corrected chi connectivity index (χ4v) is 8.04. The highest BCUT2D eigenvalue weighted by atomic mass is 16.7. The number of ether oxygens (including phenoxy) is 2. The summed E-state index contributed by atoms with van der Waals surface area (Å²) in [6, 6.07) is 28.2. The van der Waals surface area contributed by atoms with Crippen LogP contribution >= 0.6 is 0 Å². The minimum absolute atomic E-state index is 0.0967. The average Bonchev–Trinajstić information content (AvgIpc) is 4.06. The maximum atomic E-state index is 13.7. The zero-order valence-corrected chi connectivity index (χ0v) is 29.8. The largest absolute Gasteiger partial charge is 0.454 e. The number of aromatic amines is 1. The van der Waals surface area contributed by atoms with E-state index in [4.69, 9.17) is 9.47 Å². The molecular weight excluding hydrogens is 695 g/mol. The Hall–Kier alpha value is -6.76. The van der Waals surface area contributed by atoms with Gasteiger partial charge in [0.2, 0.25) is 12.7 Å². The molecule has 0 spiro atoms. The fraction of sp³-hybridized carbons (Fsp3) is 0.238. The third-order valence-corrected chi connectivity index (χ3v) is 10.9. The lowest BCUT2D eigenvalue weighted by atomic mass is 9.79. The van der Waals surface area contributed by atoms with Crippen molar-refractivity contribution in [3.8, 4) is 39.7 Å². The van der Waals surface area contributed by atoms with Crippen LogP contribution in [0.1, 0.15) is 53.6 Å². The third-order valence-electron chi connectivity index (χ3n) is 10.9. The monoisotopic (exact) mass is 731 g/mol. The maximum absolute atomic E-state index is 13.7. The normalized spacial score (nSPS) is 18.8. The van der Waals surface area contributed by atoms with E-state index < -0.39 is 0 Å². The van der Waals surface area contributed by atoms with E-state index in [1.54, 1.807) is 29.3 Å². The molecule has 1 saturated heterocycles. The number of aromatic nitrogens is 7.